The lowest BCUT2D eigenvalue weighted by atomic mass is 10.1. The first-order valence-corrected chi connectivity index (χ1v) is 17.3. The number of hydrogen-bond donors (Lipinski definition) is 2. The van der Waals surface area contributed by atoms with E-state index < -0.39 is 0 Å². The van der Waals surface area contributed by atoms with Gasteiger partial charge in [0.25, 0.3) is 0 Å². The topological polar surface area (TPSA) is 67.7 Å². The van der Waals surface area contributed by atoms with Gasteiger partial charge in [0.15, 0.2) is 5.82 Å². The highest BCUT2D eigenvalue weighted by Crippen LogP contribution is 2.30. The van der Waals surface area contributed by atoms with Crippen LogP contribution in [-0.2, 0) is 20.1 Å². The molecule has 46 heavy (non-hydrogen) atoms. The van der Waals surface area contributed by atoms with Gasteiger partial charge >= 0.3 is 0 Å². The minimum absolute atomic E-state index is 0.766. The number of fused-ring (bicyclic) bond motifs is 1. The molecule has 2 saturated heterocycles. The Morgan fingerprint density at radius 3 is 1.61 bits per heavy atom. The zero-order valence-corrected chi connectivity index (χ0v) is 28.2. The van der Waals surface area contributed by atoms with Gasteiger partial charge in [-0.2, -0.15) is 0 Å². The number of likely N-dealkylation sites (N-methyl/N-ethyl adjacent to an activating group) is 2. The first-order valence-electron chi connectivity index (χ1n) is 17.3. The van der Waals surface area contributed by atoms with Crippen LogP contribution in [0.3, 0.4) is 0 Å². The number of benzene rings is 2. The van der Waals surface area contributed by atoms with E-state index in [1.807, 2.05) is 0 Å². The van der Waals surface area contributed by atoms with Crippen molar-refractivity contribution in [1.29, 1.82) is 0 Å². The lowest BCUT2D eigenvalue weighted by Crippen LogP contribution is -2.45. The lowest BCUT2D eigenvalue weighted by Gasteiger charge is -2.32. The molecule has 0 amide bonds. The number of hydrogen-bond acceptors (Lipinski definition) is 8. The second-order valence-corrected chi connectivity index (χ2v) is 13.3. The van der Waals surface area contributed by atoms with E-state index in [2.05, 4.69) is 117 Å². The van der Waals surface area contributed by atoms with E-state index in [9.17, 15) is 0 Å². The molecule has 6 rings (SSSR count). The van der Waals surface area contributed by atoms with Crippen molar-refractivity contribution in [2.75, 3.05) is 92.6 Å². The number of aryl methyl sites for hydroxylation is 1. The Morgan fingerprint density at radius 2 is 1.09 bits per heavy atom. The molecule has 0 spiro atoms. The van der Waals surface area contributed by atoms with E-state index >= 15 is 0 Å². The summed E-state index contributed by atoms with van der Waals surface area (Å²) in [5.41, 5.74) is 6.68. The Kier molecular flexibility index (Phi) is 11.5. The molecule has 0 radical (unpaired) electrons. The van der Waals surface area contributed by atoms with E-state index in [0.29, 0.717) is 0 Å². The predicted molar refractivity (Wildman–Crippen MR) is 190 cm³/mol. The summed E-state index contributed by atoms with van der Waals surface area (Å²) in [6.45, 7) is 15.7. The van der Waals surface area contributed by atoms with Gasteiger partial charge in [-0.3, -0.25) is 0 Å². The van der Waals surface area contributed by atoms with Gasteiger partial charge in [0.1, 0.15) is 5.65 Å². The molecule has 2 fully saturated rings. The molecule has 2 aliphatic heterocycles. The first-order chi connectivity index (χ1) is 22.5. The van der Waals surface area contributed by atoms with Gasteiger partial charge in [-0.05, 0) is 70.3 Å². The molecule has 0 bridgehead atoms. The fourth-order valence-electron chi connectivity index (χ4n) is 6.50. The summed E-state index contributed by atoms with van der Waals surface area (Å²) >= 11 is 0. The molecule has 0 unspecified atom stereocenters. The lowest BCUT2D eigenvalue weighted by molar-refractivity contribution is 0.153. The van der Waals surface area contributed by atoms with Crippen molar-refractivity contribution >= 4 is 11.0 Å². The Hall–Kier alpha value is -3.18. The van der Waals surface area contributed by atoms with E-state index in [4.69, 9.17) is 9.97 Å². The van der Waals surface area contributed by atoms with Crippen molar-refractivity contribution in [1.82, 2.24) is 44.8 Å². The van der Waals surface area contributed by atoms with Crippen LogP contribution in [0.2, 0.25) is 0 Å². The standard InChI is InChI=1S/C37H53N9/c1-42-20-24-45(25-21-42)17-4-15-38-28-30-6-10-32(11-7-30)35-34-14-19-44(3)37(34)41-36(40-35)33-12-8-31(9-13-33)29-39-16-5-18-46-26-22-43(2)23-27-46/h6-14,19,38-39H,4-5,15-18,20-29H2,1-3H3. The highest BCUT2D eigenvalue weighted by molar-refractivity contribution is 5.92. The molecule has 2 aliphatic rings. The maximum atomic E-state index is 5.11. The Bertz CT molecular complexity index is 1500. The van der Waals surface area contributed by atoms with Gasteiger partial charge in [0, 0.05) is 95.2 Å². The molecular weight excluding hydrogens is 570 g/mol. The fourth-order valence-corrected chi connectivity index (χ4v) is 6.50. The number of piperazine rings is 2. The Balaban J connectivity index is 1.02. The molecule has 2 aromatic heterocycles. The van der Waals surface area contributed by atoms with Crippen molar-refractivity contribution < 1.29 is 0 Å². The summed E-state index contributed by atoms with van der Waals surface area (Å²) in [6, 6.07) is 19.7. The molecule has 0 saturated carbocycles. The monoisotopic (exact) mass is 623 g/mol. The van der Waals surface area contributed by atoms with Crippen LogP contribution in [0, 0.1) is 0 Å². The van der Waals surface area contributed by atoms with Crippen molar-refractivity contribution in [2.45, 2.75) is 25.9 Å². The summed E-state index contributed by atoms with van der Waals surface area (Å²) < 4.78 is 2.09. The minimum Gasteiger partial charge on any atom is -0.335 e. The molecule has 2 N–H and O–H groups in total. The average molecular weight is 624 g/mol. The molecule has 9 heteroatoms. The summed E-state index contributed by atoms with van der Waals surface area (Å²) in [7, 11) is 6.48. The molecule has 246 valence electrons. The minimum atomic E-state index is 0.766. The first kappa shape index (κ1) is 32.7. The normalized spacial score (nSPS) is 17.3. The molecule has 4 heterocycles. The summed E-state index contributed by atoms with van der Waals surface area (Å²) in [6.07, 6.45) is 4.45. The molecule has 4 aromatic rings. The van der Waals surface area contributed by atoms with Crippen LogP contribution in [0.5, 0.6) is 0 Å². The van der Waals surface area contributed by atoms with Crippen molar-refractivity contribution in [3.05, 3.63) is 71.9 Å². The van der Waals surface area contributed by atoms with E-state index in [1.165, 1.54) is 89.4 Å². The van der Waals surface area contributed by atoms with Crippen LogP contribution >= 0.6 is 0 Å². The van der Waals surface area contributed by atoms with Crippen LogP contribution in [0.1, 0.15) is 24.0 Å². The van der Waals surface area contributed by atoms with Crippen molar-refractivity contribution in [3.8, 4) is 22.6 Å². The highest BCUT2D eigenvalue weighted by Gasteiger charge is 2.15. The van der Waals surface area contributed by atoms with Gasteiger partial charge in [0.05, 0.1) is 5.69 Å². The van der Waals surface area contributed by atoms with Crippen LogP contribution in [-0.4, -0.2) is 127 Å². The Labute approximate surface area is 275 Å². The third-order valence-electron chi connectivity index (χ3n) is 9.67. The molecule has 2 aromatic carbocycles. The maximum Gasteiger partial charge on any atom is 0.162 e. The van der Waals surface area contributed by atoms with Gasteiger partial charge < -0.3 is 34.8 Å². The number of nitrogens with one attached hydrogen (secondary N) is 2. The largest absolute Gasteiger partial charge is 0.335 e. The van der Waals surface area contributed by atoms with Crippen LogP contribution < -0.4 is 10.6 Å². The summed E-state index contributed by atoms with van der Waals surface area (Å²) in [5.74, 6) is 0.766. The third kappa shape index (κ3) is 8.79. The van der Waals surface area contributed by atoms with Crippen LogP contribution in [0.4, 0.5) is 0 Å². The third-order valence-corrected chi connectivity index (χ3v) is 9.67. The number of aromatic nitrogens is 3. The summed E-state index contributed by atoms with van der Waals surface area (Å²) in [5, 5.41) is 8.35. The number of rotatable bonds is 14. The van der Waals surface area contributed by atoms with Crippen molar-refractivity contribution in [2.24, 2.45) is 7.05 Å². The maximum absolute atomic E-state index is 5.11. The zero-order valence-electron chi connectivity index (χ0n) is 28.2. The van der Waals surface area contributed by atoms with Crippen LogP contribution in [0.15, 0.2) is 60.8 Å². The van der Waals surface area contributed by atoms with E-state index in [0.717, 1.165) is 59.9 Å². The highest BCUT2D eigenvalue weighted by atomic mass is 15.2. The molecule has 9 nitrogen and oxygen atoms in total. The number of nitrogens with zero attached hydrogens (tertiary/aromatic N) is 7. The van der Waals surface area contributed by atoms with Gasteiger partial charge in [-0.15, -0.1) is 0 Å². The second-order valence-electron chi connectivity index (χ2n) is 13.3. The molecular formula is C37H53N9. The molecule has 0 atom stereocenters. The van der Waals surface area contributed by atoms with E-state index in [1.54, 1.807) is 0 Å². The molecule has 0 aliphatic carbocycles. The smallest absolute Gasteiger partial charge is 0.162 e. The van der Waals surface area contributed by atoms with Gasteiger partial charge in [0.2, 0.25) is 0 Å². The fraction of sp³-hybridized carbons (Fsp3) is 0.514. The average Bonchev–Trinajstić information content (AvgIpc) is 3.46. The quantitative estimate of drug-likeness (QED) is 0.206. The second kappa shape index (κ2) is 16.1. The SMILES string of the molecule is CN1CCN(CCCNCc2ccc(-c3nc(-c4ccc(CNCCCN5CCN(C)CC5)cc4)c4ccn(C)c4n3)cc2)CC1. The summed E-state index contributed by atoms with van der Waals surface area (Å²) in [4.78, 5) is 20.1. The Morgan fingerprint density at radius 1 is 0.587 bits per heavy atom. The van der Waals surface area contributed by atoms with E-state index in [-0.39, 0.29) is 0 Å². The van der Waals surface area contributed by atoms with Gasteiger partial charge in [-0.1, -0.05) is 48.5 Å². The predicted octanol–water partition coefficient (Wildman–Crippen LogP) is 3.76. The van der Waals surface area contributed by atoms with Gasteiger partial charge in [-0.25, -0.2) is 9.97 Å². The zero-order chi connectivity index (χ0) is 31.7. The van der Waals surface area contributed by atoms with Crippen molar-refractivity contribution in [3.63, 3.8) is 0 Å². The van der Waals surface area contributed by atoms with Crippen LogP contribution in [0.25, 0.3) is 33.7 Å².